The first kappa shape index (κ1) is 19.5. The lowest BCUT2D eigenvalue weighted by Crippen LogP contribution is -1.82. The van der Waals surface area contributed by atoms with Crippen molar-refractivity contribution in [3.05, 3.63) is 121 Å². The summed E-state index contributed by atoms with van der Waals surface area (Å²) in [4.78, 5) is 3.60. The van der Waals surface area contributed by atoms with E-state index in [0.29, 0.717) is 0 Å². The third kappa shape index (κ3) is 2.85. The molecule has 36 heavy (non-hydrogen) atoms. The third-order valence-corrected chi connectivity index (χ3v) is 7.40. The number of benzene rings is 6. The molecule has 0 unspecified atom stereocenters. The van der Waals surface area contributed by atoms with Crippen LogP contribution in [0.15, 0.2) is 126 Å². The Kier molecular flexibility index (Phi) is 3.97. The Morgan fingerprint density at radius 2 is 1.11 bits per heavy atom. The Morgan fingerprint density at radius 1 is 0.417 bits per heavy atom. The molecule has 2 nitrogen and oxygen atoms in total. The van der Waals surface area contributed by atoms with Crippen LogP contribution in [0.1, 0.15) is 0 Å². The molecule has 2 heteroatoms. The van der Waals surface area contributed by atoms with Gasteiger partial charge < -0.3 is 9.40 Å². The van der Waals surface area contributed by atoms with Gasteiger partial charge in [0, 0.05) is 32.6 Å². The Hall–Kier alpha value is -4.82. The van der Waals surface area contributed by atoms with E-state index in [2.05, 4.69) is 114 Å². The Morgan fingerprint density at radius 3 is 2.03 bits per heavy atom. The zero-order valence-corrected chi connectivity index (χ0v) is 19.5. The van der Waals surface area contributed by atoms with Crippen LogP contribution in [0.3, 0.4) is 0 Å². The number of aromatic nitrogens is 1. The SMILES string of the molecule is c1cc(-c2ccc3c(c2)oc2ccccc23)cc(-c2ccc3[nH]c4ccc5ccccc5c4c3c2)c1. The van der Waals surface area contributed by atoms with Crippen molar-refractivity contribution in [3.8, 4) is 22.3 Å². The molecule has 8 rings (SSSR count). The van der Waals surface area contributed by atoms with E-state index in [-0.39, 0.29) is 0 Å². The lowest BCUT2D eigenvalue weighted by atomic mass is 9.96. The maximum absolute atomic E-state index is 6.14. The third-order valence-electron chi connectivity index (χ3n) is 7.40. The number of rotatable bonds is 2. The standard InChI is InChI=1S/C34H21NO/c1-2-9-26-21(6-1)13-17-31-34(26)29-19-24(14-16-30(29)35-31)22-7-5-8-23(18-22)25-12-15-28-27-10-3-4-11-32(27)36-33(28)20-25/h1-20,35H. The highest BCUT2D eigenvalue weighted by Gasteiger charge is 2.11. The monoisotopic (exact) mass is 459 g/mol. The maximum atomic E-state index is 6.14. The van der Waals surface area contributed by atoms with Gasteiger partial charge in [-0.2, -0.15) is 0 Å². The van der Waals surface area contributed by atoms with Crippen LogP contribution in [0.25, 0.3) is 76.8 Å². The van der Waals surface area contributed by atoms with Crippen LogP contribution >= 0.6 is 0 Å². The van der Waals surface area contributed by atoms with Gasteiger partial charge in [-0.3, -0.25) is 0 Å². The predicted molar refractivity (Wildman–Crippen MR) is 151 cm³/mol. The topological polar surface area (TPSA) is 28.9 Å². The molecular weight excluding hydrogens is 438 g/mol. The molecule has 168 valence electrons. The minimum Gasteiger partial charge on any atom is -0.456 e. The number of aromatic amines is 1. The smallest absolute Gasteiger partial charge is 0.136 e. The van der Waals surface area contributed by atoms with Crippen molar-refractivity contribution in [3.63, 3.8) is 0 Å². The summed E-state index contributed by atoms with van der Waals surface area (Å²) < 4.78 is 6.14. The highest BCUT2D eigenvalue weighted by molar-refractivity contribution is 6.20. The largest absolute Gasteiger partial charge is 0.456 e. The molecule has 0 aliphatic heterocycles. The number of hydrogen-bond acceptors (Lipinski definition) is 1. The molecule has 2 aromatic heterocycles. The van der Waals surface area contributed by atoms with E-state index in [0.717, 1.165) is 33.0 Å². The molecule has 6 aromatic carbocycles. The average Bonchev–Trinajstić information content (AvgIpc) is 3.50. The van der Waals surface area contributed by atoms with Crippen molar-refractivity contribution in [2.45, 2.75) is 0 Å². The minimum atomic E-state index is 0.922. The van der Waals surface area contributed by atoms with Crippen LogP contribution in [0, 0.1) is 0 Å². The highest BCUT2D eigenvalue weighted by atomic mass is 16.3. The van der Waals surface area contributed by atoms with E-state index in [1.54, 1.807) is 0 Å². The lowest BCUT2D eigenvalue weighted by molar-refractivity contribution is 0.669. The second kappa shape index (κ2) is 7.34. The summed E-state index contributed by atoms with van der Waals surface area (Å²) in [5.74, 6) is 0. The number of para-hydroxylation sites is 1. The van der Waals surface area contributed by atoms with Gasteiger partial charge in [-0.15, -0.1) is 0 Å². The van der Waals surface area contributed by atoms with Crippen molar-refractivity contribution in [2.75, 3.05) is 0 Å². The van der Waals surface area contributed by atoms with Gasteiger partial charge in [0.25, 0.3) is 0 Å². The Labute approximate surface area is 207 Å². The number of H-pyrrole nitrogens is 1. The van der Waals surface area contributed by atoms with Crippen LogP contribution in [0.4, 0.5) is 0 Å². The van der Waals surface area contributed by atoms with Crippen LogP contribution in [0.5, 0.6) is 0 Å². The van der Waals surface area contributed by atoms with Crippen LogP contribution in [-0.4, -0.2) is 4.98 Å². The lowest BCUT2D eigenvalue weighted by Gasteiger charge is -2.07. The molecule has 0 aliphatic carbocycles. The number of nitrogens with one attached hydrogen (secondary N) is 1. The molecule has 2 heterocycles. The molecule has 0 spiro atoms. The van der Waals surface area contributed by atoms with Crippen molar-refractivity contribution >= 4 is 54.5 Å². The van der Waals surface area contributed by atoms with Gasteiger partial charge in [0.05, 0.1) is 0 Å². The molecule has 0 aliphatic rings. The van der Waals surface area contributed by atoms with E-state index in [4.69, 9.17) is 4.42 Å². The minimum absolute atomic E-state index is 0.922. The van der Waals surface area contributed by atoms with Gasteiger partial charge in [-0.05, 0) is 75.5 Å². The summed E-state index contributed by atoms with van der Waals surface area (Å²) in [6, 6.07) is 43.2. The molecular formula is C34H21NO. The van der Waals surface area contributed by atoms with Crippen LogP contribution in [-0.2, 0) is 0 Å². The van der Waals surface area contributed by atoms with Gasteiger partial charge in [-0.25, -0.2) is 0 Å². The van der Waals surface area contributed by atoms with Gasteiger partial charge in [0.1, 0.15) is 11.2 Å². The summed E-state index contributed by atoms with van der Waals surface area (Å²) >= 11 is 0. The fraction of sp³-hybridized carbons (Fsp3) is 0. The van der Waals surface area contributed by atoms with Crippen LogP contribution < -0.4 is 0 Å². The Bertz CT molecular complexity index is 2110. The molecule has 0 radical (unpaired) electrons. The normalized spacial score (nSPS) is 11.9. The zero-order valence-electron chi connectivity index (χ0n) is 19.5. The summed E-state index contributed by atoms with van der Waals surface area (Å²) in [5, 5.41) is 7.41. The van der Waals surface area contributed by atoms with Gasteiger partial charge in [-0.1, -0.05) is 78.9 Å². The molecule has 8 aromatic rings. The van der Waals surface area contributed by atoms with E-state index in [1.807, 2.05) is 12.1 Å². The fourth-order valence-electron chi connectivity index (χ4n) is 5.63. The second-order valence-electron chi connectivity index (χ2n) is 9.48. The molecule has 0 fully saturated rings. The Balaban J connectivity index is 1.28. The van der Waals surface area contributed by atoms with E-state index in [9.17, 15) is 0 Å². The average molecular weight is 460 g/mol. The summed E-state index contributed by atoms with van der Waals surface area (Å²) in [7, 11) is 0. The molecule has 0 saturated carbocycles. The molecule has 1 N–H and O–H groups in total. The van der Waals surface area contributed by atoms with Crippen molar-refractivity contribution in [1.82, 2.24) is 4.98 Å². The fourth-order valence-corrected chi connectivity index (χ4v) is 5.63. The zero-order chi connectivity index (χ0) is 23.6. The first-order valence-electron chi connectivity index (χ1n) is 12.3. The van der Waals surface area contributed by atoms with Gasteiger partial charge >= 0.3 is 0 Å². The van der Waals surface area contributed by atoms with Crippen LogP contribution in [0.2, 0.25) is 0 Å². The van der Waals surface area contributed by atoms with Crippen molar-refractivity contribution in [1.29, 1.82) is 0 Å². The van der Waals surface area contributed by atoms with E-state index >= 15 is 0 Å². The summed E-state index contributed by atoms with van der Waals surface area (Å²) in [6.07, 6.45) is 0. The summed E-state index contributed by atoms with van der Waals surface area (Å²) in [5.41, 5.74) is 8.94. The van der Waals surface area contributed by atoms with Gasteiger partial charge in [0.15, 0.2) is 0 Å². The predicted octanol–water partition coefficient (Wildman–Crippen LogP) is 9.71. The quantitative estimate of drug-likeness (QED) is 0.274. The first-order chi connectivity index (χ1) is 17.8. The summed E-state index contributed by atoms with van der Waals surface area (Å²) in [6.45, 7) is 0. The molecule has 0 atom stereocenters. The van der Waals surface area contributed by atoms with Crippen molar-refractivity contribution < 1.29 is 4.42 Å². The number of hydrogen-bond donors (Lipinski definition) is 1. The maximum Gasteiger partial charge on any atom is 0.136 e. The molecule has 0 bridgehead atoms. The second-order valence-corrected chi connectivity index (χ2v) is 9.48. The number of furan rings is 1. The van der Waals surface area contributed by atoms with Crippen molar-refractivity contribution in [2.24, 2.45) is 0 Å². The number of fused-ring (bicyclic) bond motifs is 8. The first-order valence-corrected chi connectivity index (χ1v) is 12.3. The molecule has 0 amide bonds. The van der Waals surface area contributed by atoms with E-state index < -0.39 is 0 Å². The van der Waals surface area contributed by atoms with Gasteiger partial charge in [0.2, 0.25) is 0 Å². The highest BCUT2D eigenvalue weighted by Crippen LogP contribution is 2.36. The van der Waals surface area contributed by atoms with E-state index in [1.165, 1.54) is 43.8 Å². The molecule has 0 saturated heterocycles.